The van der Waals surface area contributed by atoms with Crippen molar-refractivity contribution in [2.24, 2.45) is 0 Å². The lowest BCUT2D eigenvalue weighted by Gasteiger charge is -2.18. The normalized spacial score (nSPS) is 12.9. The molecule has 0 N–H and O–H groups in total. The summed E-state index contributed by atoms with van der Waals surface area (Å²) in [5.41, 5.74) is 0. The molecule has 0 aromatic rings. The van der Waals surface area contributed by atoms with Crippen LogP contribution in [0.1, 0.15) is 310 Å². The quantitative estimate of drug-likeness (QED) is 0.0261. The Hall–Kier alpha value is -4.19. The zero-order valence-corrected chi connectivity index (χ0v) is 52.3. The molecule has 1 unspecified atom stereocenters. The van der Waals surface area contributed by atoms with Crippen molar-refractivity contribution >= 4 is 17.9 Å². The van der Waals surface area contributed by atoms with Gasteiger partial charge in [0.2, 0.25) is 0 Å². The molecule has 456 valence electrons. The molecule has 0 radical (unpaired) electrons. The van der Waals surface area contributed by atoms with Crippen LogP contribution in [-0.2, 0) is 28.6 Å². The van der Waals surface area contributed by atoms with E-state index in [0.717, 1.165) is 116 Å². The molecule has 0 aliphatic rings. The number of esters is 3. The summed E-state index contributed by atoms with van der Waals surface area (Å²) in [6.07, 6.45) is 93.5. The van der Waals surface area contributed by atoms with Gasteiger partial charge in [0, 0.05) is 19.3 Å². The highest BCUT2D eigenvalue weighted by molar-refractivity contribution is 5.71. The summed E-state index contributed by atoms with van der Waals surface area (Å²) in [4.78, 5) is 38.4. The molecule has 0 bridgehead atoms. The molecule has 80 heavy (non-hydrogen) atoms. The van der Waals surface area contributed by atoms with E-state index in [0.29, 0.717) is 19.3 Å². The Labute approximate surface area is 494 Å². The number of ether oxygens (including phenoxy) is 3. The maximum atomic E-state index is 12.9. The van der Waals surface area contributed by atoms with Crippen molar-refractivity contribution in [3.05, 3.63) is 122 Å². The highest BCUT2D eigenvalue weighted by atomic mass is 16.6. The second-order valence-electron chi connectivity index (χ2n) is 22.0. The maximum absolute atomic E-state index is 12.9. The first-order valence-electron chi connectivity index (χ1n) is 33.5. The van der Waals surface area contributed by atoms with Crippen molar-refractivity contribution in [2.45, 2.75) is 316 Å². The molecular formula is C74H124O6. The van der Waals surface area contributed by atoms with Gasteiger partial charge in [0.05, 0.1) is 0 Å². The molecule has 0 heterocycles. The molecule has 0 aromatic carbocycles. The predicted octanol–water partition coefficient (Wildman–Crippen LogP) is 23.2. The lowest BCUT2D eigenvalue weighted by molar-refractivity contribution is -0.167. The van der Waals surface area contributed by atoms with E-state index in [4.69, 9.17) is 14.2 Å². The molecule has 0 amide bonds. The first-order valence-corrected chi connectivity index (χ1v) is 33.5. The summed E-state index contributed by atoms with van der Waals surface area (Å²) in [7, 11) is 0. The topological polar surface area (TPSA) is 78.9 Å². The Morgan fingerprint density at radius 1 is 0.263 bits per heavy atom. The lowest BCUT2D eigenvalue weighted by atomic mass is 10.1. The summed E-state index contributed by atoms with van der Waals surface area (Å²) in [5, 5.41) is 0. The van der Waals surface area contributed by atoms with Crippen LogP contribution in [0.15, 0.2) is 122 Å². The Morgan fingerprint density at radius 2 is 0.487 bits per heavy atom. The molecule has 0 aliphatic heterocycles. The molecule has 0 aromatic heterocycles. The fraction of sp³-hybridized carbons (Fsp3) is 0.689. The van der Waals surface area contributed by atoms with Crippen LogP contribution in [0.2, 0.25) is 0 Å². The van der Waals surface area contributed by atoms with Crippen LogP contribution < -0.4 is 0 Å². The molecule has 0 rings (SSSR count). The van der Waals surface area contributed by atoms with E-state index < -0.39 is 6.10 Å². The van der Waals surface area contributed by atoms with Gasteiger partial charge in [0.25, 0.3) is 0 Å². The highest BCUT2D eigenvalue weighted by Crippen LogP contribution is 2.15. The van der Waals surface area contributed by atoms with Crippen LogP contribution in [-0.4, -0.2) is 37.2 Å². The third-order valence-electron chi connectivity index (χ3n) is 14.2. The van der Waals surface area contributed by atoms with Gasteiger partial charge in [-0.05, 0) is 135 Å². The molecule has 6 heteroatoms. The minimum Gasteiger partial charge on any atom is -0.462 e. The molecule has 0 saturated heterocycles. The maximum Gasteiger partial charge on any atom is 0.306 e. The molecule has 0 fully saturated rings. The van der Waals surface area contributed by atoms with Crippen LogP contribution >= 0.6 is 0 Å². The second-order valence-corrected chi connectivity index (χ2v) is 22.0. The summed E-state index contributed by atoms with van der Waals surface area (Å²) in [6, 6.07) is 0. The van der Waals surface area contributed by atoms with Crippen LogP contribution in [0.25, 0.3) is 0 Å². The number of carbonyl (C=O) groups is 3. The SMILES string of the molecule is CC/C=C\C/C=C\C/C=C\C/C=C\C/C=C\C/C=C\CCCCC(=O)OC(COC(=O)CCCCCCC/C=C\CCCCCCCCC)COC(=O)CCCCCCCCCCCC/C=C\C/C=C\C/C=C\CCCCCCC. The lowest BCUT2D eigenvalue weighted by Crippen LogP contribution is -2.30. The fourth-order valence-corrected chi connectivity index (χ4v) is 9.15. The van der Waals surface area contributed by atoms with E-state index in [9.17, 15) is 14.4 Å². The minimum atomic E-state index is -0.811. The van der Waals surface area contributed by atoms with Crippen LogP contribution in [0, 0.1) is 0 Å². The van der Waals surface area contributed by atoms with Crippen molar-refractivity contribution in [3.63, 3.8) is 0 Å². The van der Waals surface area contributed by atoms with Gasteiger partial charge in [-0.3, -0.25) is 14.4 Å². The predicted molar refractivity (Wildman–Crippen MR) is 348 cm³/mol. The Bertz CT molecular complexity index is 1650. The van der Waals surface area contributed by atoms with E-state index in [2.05, 4.69) is 142 Å². The molecule has 6 nitrogen and oxygen atoms in total. The van der Waals surface area contributed by atoms with Crippen LogP contribution in [0.5, 0.6) is 0 Å². The zero-order chi connectivity index (χ0) is 57.8. The number of rotatable bonds is 60. The second kappa shape index (κ2) is 67.3. The van der Waals surface area contributed by atoms with Gasteiger partial charge in [-0.15, -0.1) is 0 Å². The van der Waals surface area contributed by atoms with Crippen molar-refractivity contribution in [3.8, 4) is 0 Å². The number of hydrogen-bond acceptors (Lipinski definition) is 6. The van der Waals surface area contributed by atoms with Gasteiger partial charge in [-0.25, -0.2) is 0 Å². The van der Waals surface area contributed by atoms with Gasteiger partial charge < -0.3 is 14.2 Å². The van der Waals surface area contributed by atoms with Crippen molar-refractivity contribution in [2.75, 3.05) is 13.2 Å². The van der Waals surface area contributed by atoms with Crippen molar-refractivity contribution < 1.29 is 28.6 Å². The molecule has 0 saturated carbocycles. The standard InChI is InChI=1S/C74H124O6/c1-4-7-10-13-16-19-22-25-28-31-33-35-36-37-38-40-41-43-46-49-52-55-58-61-64-67-73(76)79-70-71(69-78-72(75)66-63-60-57-54-51-48-45-30-27-24-21-18-15-12-9-6-3)80-74(77)68-65-62-59-56-53-50-47-44-42-39-34-32-29-26-23-20-17-14-11-8-5-2/h8,11,17,20,22,25-26,29-31,33-34,36-37,39,44-45,47,53,56,71H,4-7,9-10,12-16,18-19,21,23-24,27-28,32,35,38,40-43,46,48-52,54-55,57-70H2,1-3H3/b11-8-,20-17-,25-22-,29-26-,33-31-,37-36-,39-34-,45-30-,47-44-,56-53-. The minimum absolute atomic E-state index is 0.102. The van der Waals surface area contributed by atoms with Crippen molar-refractivity contribution in [1.82, 2.24) is 0 Å². The zero-order valence-electron chi connectivity index (χ0n) is 52.3. The molecule has 0 aliphatic carbocycles. The van der Waals surface area contributed by atoms with Gasteiger partial charge in [-0.2, -0.15) is 0 Å². The Kier molecular flexibility index (Phi) is 63.8. The van der Waals surface area contributed by atoms with Gasteiger partial charge in [0.15, 0.2) is 6.10 Å². The first-order chi connectivity index (χ1) is 39.5. The smallest absolute Gasteiger partial charge is 0.306 e. The molecule has 0 spiro atoms. The summed E-state index contributed by atoms with van der Waals surface area (Å²) in [6.45, 7) is 6.49. The Balaban J connectivity index is 4.45. The third kappa shape index (κ3) is 64.6. The van der Waals surface area contributed by atoms with Crippen molar-refractivity contribution in [1.29, 1.82) is 0 Å². The first kappa shape index (κ1) is 75.8. The largest absolute Gasteiger partial charge is 0.462 e. The Morgan fingerprint density at radius 3 is 0.800 bits per heavy atom. The van der Waals surface area contributed by atoms with E-state index in [1.807, 2.05) is 0 Å². The number of carbonyl (C=O) groups excluding carboxylic acids is 3. The fourth-order valence-electron chi connectivity index (χ4n) is 9.15. The summed E-state index contributed by atoms with van der Waals surface area (Å²) in [5.74, 6) is -0.951. The highest BCUT2D eigenvalue weighted by Gasteiger charge is 2.19. The van der Waals surface area contributed by atoms with E-state index in [1.165, 1.54) is 148 Å². The van der Waals surface area contributed by atoms with E-state index >= 15 is 0 Å². The number of hydrogen-bond donors (Lipinski definition) is 0. The van der Waals surface area contributed by atoms with Gasteiger partial charge >= 0.3 is 17.9 Å². The molecule has 1 atom stereocenters. The van der Waals surface area contributed by atoms with Crippen LogP contribution in [0.4, 0.5) is 0 Å². The molecular weight excluding hydrogens is 985 g/mol. The summed E-state index contributed by atoms with van der Waals surface area (Å²) < 4.78 is 16.9. The number of unbranched alkanes of at least 4 members (excludes halogenated alkanes) is 29. The third-order valence-corrected chi connectivity index (χ3v) is 14.2. The van der Waals surface area contributed by atoms with Gasteiger partial charge in [0.1, 0.15) is 13.2 Å². The van der Waals surface area contributed by atoms with Gasteiger partial charge in [-0.1, -0.05) is 277 Å². The van der Waals surface area contributed by atoms with E-state index in [1.54, 1.807) is 0 Å². The average Bonchev–Trinajstić information content (AvgIpc) is 3.46. The number of allylic oxidation sites excluding steroid dienone is 20. The van der Waals surface area contributed by atoms with E-state index in [-0.39, 0.29) is 37.5 Å². The average molecular weight is 1110 g/mol. The summed E-state index contributed by atoms with van der Waals surface area (Å²) >= 11 is 0. The monoisotopic (exact) mass is 1110 g/mol. The van der Waals surface area contributed by atoms with Crippen LogP contribution in [0.3, 0.4) is 0 Å².